The minimum atomic E-state index is 0.850. The van der Waals surface area contributed by atoms with Gasteiger partial charge in [0.05, 0.1) is 25.3 Å². The summed E-state index contributed by atoms with van der Waals surface area (Å²) < 4.78 is 10.9. The van der Waals surface area contributed by atoms with E-state index in [4.69, 9.17) is 9.47 Å². The summed E-state index contributed by atoms with van der Waals surface area (Å²) in [5.41, 5.74) is 3.16. The molecular formula is C15H15NO2. The third kappa shape index (κ3) is 1.37. The quantitative estimate of drug-likeness (QED) is 0.743. The predicted molar refractivity (Wildman–Crippen MR) is 73.6 cm³/mol. The maximum absolute atomic E-state index is 5.49. The maximum atomic E-state index is 5.49. The number of methoxy groups -OCH3 is 2. The number of hydrogen-bond acceptors (Lipinski definition) is 2. The normalized spacial score (nSPS) is 11.1. The van der Waals surface area contributed by atoms with E-state index in [2.05, 4.69) is 23.2 Å². The van der Waals surface area contributed by atoms with Crippen molar-refractivity contribution in [3.63, 3.8) is 0 Å². The molecule has 0 aliphatic heterocycles. The van der Waals surface area contributed by atoms with Crippen LogP contribution >= 0.6 is 0 Å². The largest absolute Gasteiger partial charge is 0.495 e. The van der Waals surface area contributed by atoms with Gasteiger partial charge in [0, 0.05) is 10.8 Å². The SMILES string of the molecule is COc1cccc2c1[nH]c1c(OC)c(C)ccc12. The zero-order valence-electron chi connectivity index (χ0n) is 10.7. The summed E-state index contributed by atoms with van der Waals surface area (Å²) in [5, 5.41) is 2.31. The number of ether oxygens (including phenoxy) is 2. The number of nitrogens with one attached hydrogen (secondary N) is 1. The summed E-state index contributed by atoms with van der Waals surface area (Å²) in [6.07, 6.45) is 0. The van der Waals surface area contributed by atoms with Crippen LogP contribution in [0.2, 0.25) is 0 Å². The molecule has 0 unspecified atom stereocenters. The fraction of sp³-hybridized carbons (Fsp3) is 0.200. The van der Waals surface area contributed by atoms with E-state index in [0.717, 1.165) is 38.9 Å². The first-order chi connectivity index (χ1) is 8.76. The van der Waals surface area contributed by atoms with E-state index in [-0.39, 0.29) is 0 Å². The molecule has 18 heavy (non-hydrogen) atoms. The van der Waals surface area contributed by atoms with Gasteiger partial charge in [-0.05, 0) is 18.6 Å². The molecule has 1 aromatic heterocycles. The summed E-state index contributed by atoms with van der Waals surface area (Å²) in [5.74, 6) is 1.74. The molecule has 3 nitrogen and oxygen atoms in total. The van der Waals surface area contributed by atoms with Gasteiger partial charge in [-0.25, -0.2) is 0 Å². The number of para-hydroxylation sites is 1. The van der Waals surface area contributed by atoms with Crippen molar-refractivity contribution in [1.82, 2.24) is 4.98 Å². The van der Waals surface area contributed by atoms with Crippen LogP contribution in [0, 0.1) is 6.92 Å². The number of aryl methyl sites for hydroxylation is 1. The van der Waals surface area contributed by atoms with Crippen LogP contribution in [0.15, 0.2) is 30.3 Å². The van der Waals surface area contributed by atoms with Gasteiger partial charge in [-0.3, -0.25) is 0 Å². The fourth-order valence-corrected chi connectivity index (χ4v) is 2.48. The third-order valence-corrected chi connectivity index (χ3v) is 3.34. The van der Waals surface area contributed by atoms with Crippen molar-refractivity contribution in [2.24, 2.45) is 0 Å². The first-order valence-electron chi connectivity index (χ1n) is 5.88. The second-order valence-corrected chi connectivity index (χ2v) is 4.35. The summed E-state index contributed by atoms with van der Waals surface area (Å²) in [6, 6.07) is 10.2. The average molecular weight is 241 g/mol. The Morgan fingerprint density at radius 1 is 0.889 bits per heavy atom. The molecule has 0 bridgehead atoms. The number of aromatic amines is 1. The number of hydrogen-bond donors (Lipinski definition) is 1. The smallest absolute Gasteiger partial charge is 0.145 e. The van der Waals surface area contributed by atoms with Crippen molar-refractivity contribution in [1.29, 1.82) is 0 Å². The number of aromatic nitrogens is 1. The Balaban J connectivity index is 2.50. The standard InChI is InChI=1S/C15H15NO2/c1-9-7-8-11-10-5-4-6-12(17-2)13(10)16-14(11)15(9)18-3/h4-8,16H,1-3H3. The van der Waals surface area contributed by atoms with Crippen molar-refractivity contribution < 1.29 is 9.47 Å². The van der Waals surface area contributed by atoms with E-state index in [1.807, 2.05) is 19.1 Å². The van der Waals surface area contributed by atoms with E-state index >= 15 is 0 Å². The van der Waals surface area contributed by atoms with Gasteiger partial charge in [0.2, 0.25) is 0 Å². The lowest BCUT2D eigenvalue weighted by atomic mass is 10.1. The number of benzene rings is 2. The molecule has 3 heteroatoms. The van der Waals surface area contributed by atoms with Crippen molar-refractivity contribution in [2.75, 3.05) is 14.2 Å². The lowest BCUT2D eigenvalue weighted by molar-refractivity contribution is 0.415. The van der Waals surface area contributed by atoms with Crippen LogP contribution in [0.1, 0.15) is 5.56 Å². The zero-order chi connectivity index (χ0) is 12.7. The minimum absolute atomic E-state index is 0.850. The van der Waals surface area contributed by atoms with Gasteiger partial charge in [0.1, 0.15) is 11.5 Å². The second-order valence-electron chi connectivity index (χ2n) is 4.35. The van der Waals surface area contributed by atoms with Crippen LogP contribution in [0.25, 0.3) is 21.8 Å². The topological polar surface area (TPSA) is 34.2 Å². The molecule has 2 aromatic carbocycles. The Bertz CT molecular complexity index is 728. The molecule has 1 N–H and O–H groups in total. The Morgan fingerprint density at radius 3 is 2.39 bits per heavy atom. The molecule has 0 spiro atoms. The van der Waals surface area contributed by atoms with Gasteiger partial charge in [-0.15, -0.1) is 0 Å². The minimum Gasteiger partial charge on any atom is -0.495 e. The van der Waals surface area contributed by atoms with E-state index in [1.54, 1.807) is 14.2 Å². The molecule has 0 aliphatic carbocycles. The maximum Gasteiger partial charge on any atom is 0.145 e. The molecular weight excluding hydrogens is 226 g/mol. The van der Waals surface area contributed by atoms with Crippen molar-refractivity contribution in [3.05, 3.63) is 35.9 Å². The Morgan fingerprint density at radius 2 is 1.67 bits per heavy atom. The molecule has 3 aromatic rings. The van der Waals surface area contributed by atoms with E-state index in [9.17, 15) is 0 Å². The zero-order valence-corrected chi connectivity index (χ0v) is 10.7. The van der Waals surface area contributed by atoms with E-state index < -0.39 is 0 Å². The van der Waals surface area contributed by atoms with Gasteiger partial charge in [-0.1, -0.05) is 24.3 Å². The molecule has 92 valence electrons. The molecule has 3 rings (SSSR count). The van der Waals surface area contributed by atoms with E-state index in [1.165, 1.54) is 0 Å². The van der Waals surface area contributed by atoms with Crippen LogP contribution in [0.3, 0.4) is 0 Å². The van der Waals surface area contributed by atoms with Crippen LogP contribution in [-0.4, -0.2) is 19.2 Å². The van der Waals surface area contributed by atoms with Gasteiger partial charge < -0.3 is 14.5 Å². The molecule has 1 heterocycles. The van der Waals surface area contributed by atoms with Crippen LogP contribution in [-0.2, 0) is 0 Å². The Labute approximate surface area is 105 Å². The highest BCUT2D eigenvalue weighted by molar-refractivity contribution is 6.11. The second kappa shape index (κ2) is 3.95. The van der Waals surface area contributed by atoms with Crippen LogP contribution < -0.4 is 9.47 Å². The highest BCUT2D eigenvalue weighted by Crippen LogP contribution is 2.36. The van der Waals surface area contributed by atoms with Gasteiger partial charge in [-0.2, -0.15) is 0 Å². The Kier molecular flexibility index (Phi) is 2.40. The fourth-order valence-electron chi connectivity index (χ4n) is 2.48. The summed E-state index contributed by atoms with van der Waals surface area (Å²) >= 11 is 0. The molecule has 0 saturated heterocycles. The molecule has 0 aliphatic rings. The molecule has 0 saturated carbocycles. The first-order valence-corrected chi connectivity index (χ1v) is 5.88. The monoisotopic (exact) mass is 241 g/mol. The number of H-pyrrole nitrogens is 1. The highest BCUT2D eigenvalue weighted by Gasteiger charge is 2.12. The van der Waals surface area contributed by atoms with Crippen molar-refractivity contribution in [3.8, 4) is 11.5 Å². The number of rotatable bonds is 2. The lowest BCUT2D eigenvalue weighted by Crippen LogP contribution is -1.88. The molecule has 0 amide bonds. The van der Waals surface area contributed by atoms with Crippen LogP contribution in [0.4, 0.5) is 0 Å². The lowest BCUT2D eigenvalue weighted by Gasteiger charge is -2.05. The molecule has 0 fully saturated rings. The van der Waals surface area contributed by atoms with Crippen molar-refractivity contribution in [2.45, 2.75) is 6.92 Å². The van der Waals surface area contributed by atoms with Crippen molar-refractivity contribution >= 4 is 21.8 Å². The third-order valence-electron chi connectivity index (χ3n) is 3.34. The first kappa shape index (κ1) is 11.0. The van der Waals surface area contributed by atoms with Gasteiger partial charge >= 0.3 is 0 Å². The Hall–Kier alpha value is -2.16. The summed E-state index contributed by atoms with van der Waals surface area (Å²) in [6.45, 7) is 2.04. The number of fused-ring (bicyclic) bond motifs is 3. The van der Waals surface area contributed by atoms with Gasteiger partial charge in [0.15, 0.2) is 0 Å². The summed E-state index contributed by atoms with van der Waals surface area (Å²) in [4.78, 5) is 3.41. The van der Waals surface area contributed by atoms with Crippen LogP contribution in [0.5, 0.6) is 11.5 Å². The van der Waals surface area contributed by atoms with E-state index in [0.29, 0.717) is 0 Å². The average Bonchev–Trinajstić information content (AvgIpc) is 2.76. The van der Waals surface area contributed by atoms with Gasteiger partial charge in [0.25, 0.3) is 0 Å². The highest BCUT2D eigenvalue weighted by atomic mass is 16.5. The molecule has 0 radical (unpaired) electrons. The summed E-state index contributed by atoms with van der Waals surface area (Å²) in [7, 11) is 3.38. The molecule has 0 atom stereocenters. The predicted octanol–water partition coefficient (Wildman–Crippen LogP) is 3.65.